The lowest BCUT2D eigenvalue weighted by Crippen LogP contribution is -2.76. The van der Waals surface area contributed by atoms with Crippen molar-refractivity contribution in [2.45, 2.75) is 36.4 Å². The summed E-state index contributed by atoms with van der Waals surface area (Å²) >= 11 is 0. The highest BCUT2D eigenvalue weighted by atomic mass is 35.5. The lowest BCUT2D eigenvalue weighted by molar-refractivity contribution is -0.506. The van der Waals surface area contributed by atoms with Gasteiger partial charge in [-0.25, -0.2) is 0 Å². The molecule has 0 aliphatic rings. The fourth-order valence-corrected chi connectivity index (χ4v) is 1.46. The summed E-state index contributed by atoms with van der Waals surface area (Å²) in [6.45, 7) is 0. The summed E-state index contributed by atoms with van der Waals surface area (Å²) in [7, 11) is 0. The number of alkyl halides is 15. The Morgan fingerprint density at radius 3 is 0.750 bits per heavy atom. The smallest absolute Gasteiger partial charge is 0.267 e. The van der Waals surface area contributed by atoms with Crippen molar-refractivity contribution in [3.63, 3.8) is 0 Å². The Hall–Kier alpha value is -0.800. The molecule has 0 radical (unpaired) electrons. The predicted octanol–water partition coefficient (Wildman–Crippen LogP) is 4.90. The largest absolute Gasteiger partial charge is 0.418 e. The zero-order chi connectivity index (χ0) is 19.5. The summed E-state index contributed by atoms with van der Waals surface area (Å²) in [6, 6.07) is -6.84. The Bertz CT molecular complexity index is 401. The number of hydrogen-bond donors (Lipinski definition) is 1. The van der Waals surface area contributed by atoms with Gasteiger partial charge in [0.2, 0.25) is 0 Å². The first-order valence-electron chi connectivity index (χ1n) is 4.62. The van der Waals surface area contributed by atoms with Crippen molar-refractivity contribution < 1.29 is 65.9 Å². The molecule has 0 atom stereocenters. The zero-order valence-electron chi connectivity index (χ0n) is 10.2. The van der Waals surface area contributed by atoms with Crippen LogP contribution in [-0.4, -0.2) is 36.4 Å². The Kier molecular flexibility index (Phi) is 6.23. The van der Waals surface area contributed by atoms with Gasteiger partial charge in [-0.1, -0.05) is 0 Å². The molecule has 0 bridgehead atoms. The fourth-order valence-electron chi connectivity index (χ4n) is 1.46. The maximum atomic E-state index is 13.0. The van der Waals surface area contributed by atoms with E-state index in [4.69, 9.17) is 0 Å². The normalized spacial score (nSPS) is 16.0. The molecule has 148 valence electrons. The molecule has 0 aromatic rings. The van der Waals surface area contributed by atoms with E-state index in [9.17, 15) is 65.9 Å². The van der Waals surface area contributed by atoms with Crippen molar-refractivity contribution in [3.05, 3.63) is 0 Å². The minimum atomic E-state index is -8.49. The van der Waals surface area contributed by atoms with Crippen molar-refractivity contribution in [3.8, 4) is 0 Å². The molecule has 0 unspecified atom stereocenters. The molecule has 2 N–H and O–H groups in total. The molecule has 0 spiro atoms. The van der Waals surface area contributed by atoms with Gasteiger partial charge in [-0.05, 0) is 0 Å². The van der Waals surface area contributed by atoms with Crippen LogP contribution in [0.2, 0.25) is 0 Å². The molecule has 0 saturated carbocycles. The minimum absolute atomic E-state index is 0. The second kappa shape index (κ2) is 5.88. The third kappa shape index (κ3) is 3.06. The Morgan fingerprint density at radius 2 is 0.625 bits per heavy atom. The van der Waals surface area contributed by atoms with Crippen molar-refractivity contribution in [2.24, 2.45) is 11.1 Å². The fraction of sp³-hybridized carbons (Fsp3) is 1.00. The van der Waals surface area contributed by atoms with Crippen LogP contribution in [0.15, 0.2) is 0 Å². The van der Waals surface area contributed by atoms with Crippen LogP contribution in [0.25, 0.3) is 0 Å². The number of halogens is 16. The molecule has 17 heteroatoms. The first kappa shape index (κ1) is 25.4. The summed E-state index contributed by atoms with van der Waals surface area (Å²) in [4.78, 5) is 0. The highest BCUT2D eigenvalue weighted by Crippen LogP contribution is 2.70. The maximum absolute atomic E-state index is 13.0. The molecular weight excluding hydrogens is 419 g/mol. The van der Waals surface area contributed by atoms with E-state index in [2.05, 4.69) is 5.73 Å². The van der Waals surface area contributed by atoms with Gasteiger partial charge in [-0.3, -0.25) is 5.73 Å². The van der Waals surface area contributed by atoms with Crippen molar-refractivity contribution >= 4 is 12.4 Å². The molecule has 0 heterocycles. The topological polar surface area (TPSA) is 26.0 Å². The second-order valence-electron chi connectivity index (χ2n) is 4.02. The highest BCUT2D eigenvalue weighted by Gasteiger charge is 2.99. The van der Waals surface area contributed by atoms with E-state index in [1.165, 1.54) is 0 Å². The Balaban J connectivity index is 0. The third-order valence-electron chi connectivity index (χ3n) is 2.56. The quantitative estimate of drug-likeness (QED) is 0.509. The lowest BCUT2D eigenvalue weighted by atomic mass is 9.75. The van der Waals surface area contributed by atoms with E-state index in [0.29, 0.717) is 0 Å². The van der Waals surface area contributed by atoms with E-state index in [-0.39, 0.29) is 12.4 Å². The van der Waals surface area contributed by atoms with E-state index in [1.54, 1.807) is 0 Å². The van der Waals surface area contributed by atoms with Crippen molar-refractivity contribution in [1.82, 2.24) is 0 Å². The van der Waals surface area contributed by atoms with Gasteiger partial charge >= 0.3 is 41.8 Å². The molecule has 0 aromatic heterocycles. The molecule has 1 nitrogen and oxygen atoms in total. The molecule has 0 amide bonds. The molecule has 0 aliphatic carbocycles. The average molecular weight is 422 g/mol. The van der Waals surface area contributed by atoms with Crippen LogP contribution < -0.4 is 5.73 Å². The van der Waals surface area contributed by atoms with Crippen LogP contribution in [-0.2, 0) is 0 Å². The van der Waals surface area contributed by atoms with Crippen molar-refractivity contribution in [2.75, 3.05) is 0 Å². The minimum Gasteiger partial charge on any atom is -0.267 e. The van der Waals surface area contributed by atoms with Gasteiger partial charge in [0.05, 0.1) is 0 Å². The number of nitrogens with two attached hydrogens (primary N) is 1. The van der Waals surface area contributed by atoms with Gasteiger partial charge in [-0.15, -0.1) is 12.4 Å². The standard InChI is InChI=1S/C7H2F15N.ClH/c8-2(9,3(10,11)7(21,22)23)1(4(12,13)14,5(15,16)17)6(18,19)20;/h23H2;1H. The SMILES string of the molecule is Cl.NC(F)(F)C(F)(F)C(F)(F)C(C(F)(F)F)(C(F)(F)F)C(F)(F)F. The number of rotatable bonds is 3. The molecule has 0 aliphatic heterocycles. The van der Waals surface area contributed by atoms with E-state index < -0.39 is 41.8 Å². The first-order valence-corrected chi connectivity index (χ1v) is 4.62. The summed E-state index contributed by atoms with van der Waals surface area (Å²) in [5.41, 5.74) is -5.43. The van der Waals surface area contributed by atoms with Crippen LogP contribution >= 0.6 is 12.4 Å². The van der Waals surface area contributed by atoms with Gasteiger partial charge in [0.15, 0.2) is 0 Å². The predicted molar refractivity (Wildman–Crippen MR) is 46.9 cm³/mol. The molecular formula is C7H3ClF15N. The van der Waals surface area contributed by atoms with Crippen LogP contribution in [0.5, 0.6) is 0 Å². The molecule has 0 aromatic carbocycles. The molecule has 0 rings (SSSR count). The first-order chi connectivity index (χ1) is 9.50. The van der Waals surface area contributed by atoms with Gasteiger partial charge in [-0.2, -0.15) is 65.9 Å². The van der Waals surface area contributed by atoms with Gasteiger partial charge in [0.25, 0.3) is 0 Å². The van der Waals surface area contributed by atoms with E-state index in [0.717, 1.165) is 0 Å². The summed E-state index contributed by atoms with van der Waals surface area (Å²) in [5.74, 6) is -16.3. The maximum Gasteiger partial charge on any atom is 0.418 e. The van der Waals surface area contributed by atoms with Gasteiger partial charge in [0.1, 0.15) is 0 Å². The van der Waals surface area contributed by atoms with Crippen LogP contribution in [0, 0.1) is 5.41 Å². The van der Waals surface area contributed by atoms with E-state index >= 15 is 0 Å². The molecule has 0 saturated heterocycles. The summed E-state index contributed by atoms with van der Waals surface area (Å²) < 4.78 is 186. The van der Waals surface area contributed by atoms with Crippen LogP contribution in [0.1, 0.15) is 0 Å². The lowest BCUT2D eigenvalue weighted by Gasteiger charge is -2.46. The highest BCUT2D eigenvalue weighted by molar-refractivity contribution is 5.85. The molecule has 24 heavy (non-hydrogen) atoms. The van der Waals surface area contributed by atoms with Gasteiger partial charge < -0.3 is 0 Å². The van der Waals surface area contributed by atoms with E-state index in [1.807, 2.05) is 0 Å². The summed E-state index contributed by atoms with van der Waals surface area (Å²) in [5, 5.41) is 0. The monoisotopic (exact) mass is 421 g/mol. The summed E-state index contributed by atoms with van der Waals surface area (Å²) in [6.07, 6.45) is -24.5. The van der Waals surface area contributed by atoms with Gasteiger partial charge in [0, 0.05) is 0 Å². The number of hydrogen-bond acceptors (Lipinski definition) is 1. The average Bonchev–Trinajstić information content (AvgIpc) is 2.06. The third-order valence-corrected chi connectivity index (χ3v) is 2.56. The Labute approximate surface area is 127 Å². The zero-order valence-corrected chi connectivity index (χ0v) is 11.0. The van der Waals surface area contributed by atoms with Crippen LogP contribution in [0.3, 0.4) is 0 Å². The van der Waals surface area contributed by atoms with Crippen molar-refractivity contribution in [1.29, 1.82) is 0 Å². The second-order valence-corrected chi connectivity index (χ2v) is 4.02. The van der Waals surface area contributed by atoms with Crippen LogP contribution in [0.4, 0.5) is 65.9 Å². The Morgan fingerprint density at radius 1 is 0.417 bits per heavy atom. The molecule has 0 fully saturated rings.